The number of hydrogen-bond donors (Lipinski definition) is 0. The Kier molecular flexibility index (Phi) is 4.57. The lowest BCUT2D eigenvalue weighted by Gasteiger charge is -2.32. The van der Waals surface area contributed by atoms with Crippen LogP contribution in [0, 0.1) is 12.7 Å². The molecule has 1 aromatic carbocycles. The highest BCUT2D eigenvalue weighted by Crippen LogP contribution is 2.26. The number of morpholine rings is 1. The van der Waals surface area contributed by atoms with Crippen LogP contribution in [-0.4, -0.2) is 39.5 Å². The minimum Gasteiger partial charge on any atom is -0.371 e. The maximum atomic E-state index is 13.5. The minimum absolute atomic E-state index is 0.0660. The Morgan fingerprint density at radius 1 is 1.31 bits per heavy atom. The molecule has 3 aromatic rings. The summed E-state index contributed by atoms with van der Waals surface area (Å²) in [4.78, 5) is 2.26. The van der Waals surface area contributed by atoms with Crippen molar-refractivity contribution in [1.29, 1.82) is 0 Å². The number of hydrogen-bond acceptors (Lipinski definition) is 5. The van der Waals surface area contributed by atoms with Gasteiger partial charge in [-0.1, -0.05) is 17.3 Å². The van der Waals surface area contributed by atoms with Crippen LogP contribution in [0.15, 0.2) is 41.2 Å². The van der Waals surface area contributed by atoms with Gasteiger partial charge >= 0.3 is 0 Å². The molecule has 0 bridgehead atoms. The van der Waals surface area contributed by atoms with Crippen molar-refractivity contribution in [2.45, 2.75) is 19.6 Å². The monoisotopic (exact) mass is 356 g/mol. The normalized spacial score (nSPS) is 18.3. The third-order valence-corrected chi connectivity index (χ3v) is 4.64. The molecular weight excluding hydrogens is 335 g/mol. The van der Waals surface area contributed by atoms with Crippen LogP contribution in [0.4, 0.5) is 4.39 Å². The van der Waals surface area contributed by atoms with Crippen LogP contribution >= 0.6 is 0 Å². The molecular formula is C19H21FN4O2. The fourth-order valence-electron chi connectivity index (χ4n) is 3.21. The minimum atomic E-state index is -0.189. The lowest BCUT2D eigenvalue weighted by molar-refractivity contribution is -0.0351. The summed E-state index contributed by atoms with van der Waals surface area (Å²) in [6, 6.07) is 7.11. The molecule has 0 saturated carbocycles. The van der Waals surface area contributed by atoms with Gasteiger partial charge in [-0.25, -0.2) is 4.39 Å². The molecule has 1 saturated heterocycles. The van der Waals surface area contributed by atoms with E-state index in [1.807, 2.05) is 25.4 Å². The Hall–Kier alpha value is -2.51. The van der Waals surface area contributed by atoms with Gasteiger partial charge in [0.05, 0.1) is 25.5 Å². The molecule has 0 radical (unpaired) electrons. The molecule has 0 N–H and O–H groups in total. The van der Waals surface area contributed by atoms with E-state index in [0.29, 0.717) is 18.7 Å². The average molecular weight is 356 g/mol. The zero-order valence-electron chi connectivity index (χ0n) is 14.9. The molecule has 4 rings (SSSR count). The zero-order chi connectivity index (χ0) is 18.1. The van der Waals surface area contributed by atoms with Crippen molar-refractivity contribution in [1.82, 2.24) is 19.8 Å². The largest absolute Gasteiger partial charge is 0.371 e. The molecule has 1 aliphatic heterocycles. The molecule has 0 aliphatic carbocycles. The summed E-state index contributed by atoms with van der Waals surface area (Å²) in [5, 5.41) is 8.29. The van der Waals surface area contributed by atoms with Gasteiger partial charge in [-0.3, -0.25) is 9.58 Å². The van der Waals surface area contributed by atoms with Crippen molar-refractivity contribution in [2.24, 2.45) is 7.05 Å². The van der Waals surface area contributed by atoms with E-state index in [2.05, 4.69) is 15.2 Å². The van der Waals surface area contributed by atoms with Gasteiger partial charge in [-0.15, -0.1) is 0 Å². The molecule has 2 aromatic heterocycles. The van der Waals surface area contributed by atoms with E-state index in [0.717, 1.165) is 35.7 Å². The fourth-order valence-corrected chi connectivity index (χ4v) is 3.21. The second-order valence-electron chi connectivity index (χ2n) is 6.68. The second-order valence-corrected chi connectivity index (χ2v) is 6.68. The van der Waals surface area contributed by atoms with E-state index in [1.165, 1.54) is 6.07 Å². The molecule has 0 amide bonds. The predicted octanol–water partition coefficient (Wildman–Crippen LogP) is 3.10. The highest BCUT2D eigenvalue weighted by Gasteiger charge is 2.23. The van der Waals surface area contributed by atoms with Crippen molar-refractivity contribution in [3.05, 3.63) is 59.4 Å². The van der Waals surface area contributed by atoms with Gasteiger partial charge in [0.2, 0.25) is 0 Å². The number of halogens is 1. The van der Waals surface area contributed by atoms with Crippen molar-refractivity contribution < 1.29 is 13.7 Å². The summed E-state index contributed by atoms with van der Waals surface area (Å²) in [5.41, 5.74) is 3.36. The molecule has 26 heavy (non-hydrogen) atoms. The van der Waals surface area contributed by atoms with E-state index in [-0.39, 0.29) is 11.9 Å². The molecule has 136 valence electrons. The van der Waals surface area contributed by atoms with Crippen LogP contribution in [0.2, 0.25) is 0 Å². The number of ether oxygens (including phenoxy) is 1. The van der Waals surface area contributed by atoms with Gasteiger partial charge in [0.15, 0.2) is 5.76 Å². The Bertz CT molecular complexity index is 905. The third-order valence-electron chi connectivity index (χ3n) is 4.64. The van der Waals surface area contributed by atoms with Gasteiger partial charge in [0, 0.05) is 38.0 Å². The van der Waals surface area contributed by atoms with Crippen molar-refractivity contribution >= 4 is 0 Å². The highest BCUT2D eigenvalue weighted by molar-refractivity contribution is 5.56. The Labute approximate surface area is 151 Å². The Morgan fingerprint density at radius 3 is 2.96 bits per heavy atom. The molecule has 1 unspecified atom stereocenters. The van der Waals surface area contributed by atoms with E-state index in [9.17, 15) is 4.39 Å². The lowest BCUT2D eigenvalue weighted by Crippen LogP contribution is -2.37. The number of rotatable bonds is 4. The van der Waals surface area contributed by atoms with Gasteiger partial charge in [-0.05, 0) is 24.1 Å². The van der Waals surface area contributed by atoms with Crippen LogP contribution in [0.1, 0.15) is 23.0 Å². The van der Waals surface area contributed by atoms with E-state index >= 15 is 0 Å². The van der Waals surface area contributed by atoms with Gasteiger partial charge in [0.25, 0.3) is 0 Å². The summed E-state index contributed by atoms with van der Waals surface area (Å²) in [5.74, 6) is 0.616. The molecule has 1 fully saturated rings. The number of aryl methyl sites for hydroxylation is 2. The quantitative estimate of drug-likeness (QED) is 0.719. The maximum absolute atomic E-state index is 13.5. The summed E-state index contributed by atoms with van der Waals surface area (Å²) in [6.45, 7) is 4.61. The standard InChI is InChI=1S/C19H21FN4O2/c1-13-7-14(3-4-17(13)20)19-12-24(5-6-25-19)11-16-8-18(22-26-16)15-9-21-23(2)10-15/h3-4,7-10,19H,5-6,11-12H2,1-2H3. The first-order chi connectivity index (χ1) is 12.6. The maximum Gasteiger partial charge on any atom is 0.151 e. The Balaban J connectivity index is 1.43. The molecule has 6 nitrogen and oxygen atoms in total. The van der Waals surface area contributed by atoms with Gasteiger partial charge in [0.1, 0.15) is 11.5 Å². The highest BCUT2D eigenvalue weighted by atomic mass is 19.1. The summed E-state index contributed by atoms with van der Waals surface area (Å²) < 4.78 is 26.6. The first-order valence-corrected chi connectivity index (χ1v) is 8.63. The SMILES string of the molecule is Cc1cc(C2CN(Cc3cc(-c4cnn(C)c4)no3)CCO2)ccc1F. The van der Waals surface area contributed by atoms with E-state index in [4.69, 9.17) is 9.26 Å². The molecule has 0 spiro atoms. The zero-order valence-corrected chi connectivity index (χ0v) is 14.9. The lowest BCUT2D eigenvalue weighted by atomic mass is 10.0. The fraction of sp³-hybridized carbons (Fsp3) is 0.368. The number of aromatic nitrogens is 3. The molecule has 1 aliphatic rings. The second kappa shape index (κ2) is 7.01. The van der Waals surface area contributed by atoms with E-state index in [1.54, 1.807) is 23.9 Å². The number of benzene rings is 1. The van der Waals surface area contributed by atoms with Crippen LogP contribution in [0.25, 0.3) is 11.3 Å². The third kappa shape index (κ3) is 3.54. The number of nitrogens with zero attached hydrogens (tertiary/aromatic N) is 4. The average Bonchev–Trinajstić information content (AvgIpc) is 3.26. The van der Waals surface area contributed by atoms with Crippen molar-refractivity contribution in [2.75, 3.05) is 19.7 Å². The summed E-state index contributed by atoms with van der Waals surface area (Å²) in [6.07, 6.45) is 3.61. The predicted molar refractivity (Wildman–Crippen MR) is 93.8 cm³/mol. The molecule has 1 atom stereocenters. The smallest absolute Gasteiger partial charge is 0.151 e. The van der Waals surface area contributed by atoms with Crippen molar-refractivity contribution in [3.63, 3.8) is 0 Å². The molecule has 7 heteroatoms. The van der Waals surface area contributed by atoms with Crippen LogP contribution < -0.4 is 0 Å². The van der Waals surface area contributed by atoms with Gasteiger partial charge < -0.3 is 9.26 Å². The topological polar surface area (TPSA) is 56.3 Å². The van der Waals surface area contributed by atoms with Crippen LogP contribution in [-0.2, 0) is 18.3 Å². The summed E-state index contributed by atoms with van der Waals surface area (Å²) >= 11 is 0. The van der Waals surface area contributed by atoms with Crippen LogP contribution in [0.3, 0.4) is 0 Å². The van der Waals surface area contributed by atoms with Crippen LogP contribution in [0.5, 0.6) is 0 Å². The van der Waals surface area contributed by atoms with Crippen molar-refractivity contribution in [3.8, 4) is 11.3 Å². The molecule has 3 heterocycles. The van der Waals surface area contributed by atoms with E-state index < -0.39 is 0 Å². The van der Waals surface area contributed by atoms with Gasteiger partial charge in [-0.2, -0.15) is 5.10 Å². The first kappa shape index (κ1) is 16.9. The first-order valence-electron chi connectivity index (χ1n) is 8.63. The summed E-state index contributed by atoms with van der Waals surface area (Å²) in [7, 11) is 1.87. The Morgan fingerprint density at radius 2 is 2.19 bits per heavy atom.